The SMILES string of the molecule is CC(=O)N[C@@H](CS)C(=O)O.[Cl][Co][Cl]. The van der Waals surface area contributed by atoms with E-state index in [1.54, 1.807) is 0 Å². The first-order valence-electron chi connectivity index (χ1n) is 2.94. The van der Waals surface area contributed by atoms with Gasteiger partial charge in [0.15, 0.2) is 0 Å². The molecule has 0 unspecified atom stereocenters. The normalized spacial score (nSPS) is 11.1. The minimum atomic E-state index is -1.06. The van der Waals surface area contributed by atoms with Crippen molar-refractivity contribution in [2.75, 3.05) is 5.75 Å². The van der Waals surface area contributed by atoms with Gasteiger partial charge in [-0.15, -0.1) is 0 Å². The molecule has 1 amide bonds. The number of carboxylic acid groups (broad SMARTS) is 1. The summed E-state index contributed by atoms with van der Waals surface area (Å²) >= 11 is 4.12. The van der Waals surface area contributed by atoms with Gasteiger partial charge in [0.05, 0.1) is 0 Å². The average Bonchev–Trinajstić information content (AvgIpc) is 2.00. The number of halogens is 2. The Morgan fingerprint density at radius 3 is 2.08 bits per heavy atom. The molecule has 0 aromatic carbocycles. The summed E-state index contributed by atoms with van der Waals surface area (Å²) in [6.45, 7) is 1.26. The number of nitrogens with one attached hydrogen (secondary N) is 1. The summed E-state index contributed by atoms with van der Waals surface area (Å²) in [6, 6.07) is -0.874. The number of aliphatic carboxylic acids is 1. The number of carbonyl (C=O) groups is 2. The Morgan fingerprint density at radius 2 is 2.00 bits per heavy atom. The van der Waals surface area contributed by atoms with Crippen LogP contribution in [0.1, 0.15) is 6.92 Å². The van der Waals surface area contributed by atoms with E-state index in [1.165, 1.54) is 6.92 Å². The Kier molecular flexibility index (Phi) is 12.7. The van der Waals surface area contributed by atoms with Gasteiger partial charge in [-0.3, -0.25) is 4.79 Å². The molecule has 0 saturated carbocycles. The monoisotopic (exact) mass is 292 g/mol. The van der Waals surface area contributed by atoms with E-state index in [2.05, 4.69) is 17.9 Å². The number of thiol groups is 1. The summed E-state index contributed by atoms with van der Waals surface area (Å²) < 4.78 is 0. The minimum absolute atomic E-state index is 0.106. The molecule has 8 heteroatoms. The predicted molar refractivity (Wildman–Crippen MR) is 50.8 cm³/mol. The van der Waals surface area contributed by atoms with Gasteiger partial charge in [-0.2, -0.15) is 12.6 Å². The van der Waals surface area contributed by atoms with Crippen LogP contribution in [0.25, 0.3) is 0 Å². The second-order valence-electron chi connectivity index (χ2n) is 1.82. The Labute approximate surface area is 96.2 Å². The summed E-state index contributed by atoms with van der Waals surface area (Å²) in [7, 11) is 9.47. The first-order chi connectivity index (χ1) is 5.99. The molecule has 0 aliphatic rings. The first-order valence-corrected chi connectivity index (χ1v) is 6.43. The molecule has 0 saturated heterocycles. The van der Waals surface area contributed by atoms with Gasteiger partial charge in [-0.25, -0.2) is 4.79 Å². The van der Waals surface area contributed by atoms with Crippen LogP contribution in [0, 0.1) is 0 Å². The van der Waals surface area contributed by atoms with Crippen LogP contribution < -0.4 is 5.32 Å². The topological polar surface area (TPSA) is 66.4 Å². The van der Waals surface area contributed by atoms with Gasteiger partial charge in [-0.05, 0) is 0 Å². The molecule has 0 heterocycles. The van der Waals surface area contributed by atoms with Gasteiger partial charge < -0.3 is 10.4 Å². The van der Waals surface area contributed by atoms with Gasteiger partial charge in [0, 0.05) is 12.7 Å². The van der Waals surface area contributed by atoms with Crippen molar-refractivity contribution in [3.05, 3.63) is 0 Å². The molecule has 0 aromatic heterocycles. The third-order valence-electron chi connectivity index (χ3n) is 0.858. The van der Waals surface area contributed by atoms with Crippen molar-refractivity contribution in [3.8, 4) is 0 Å². The van der Waals surface area contributed by atoms with Crippen LogP contribution >= 0.6 is 32.9 Å². The van der Waals surface area contributed by atoms with E-state index in [1.807, 2.05) is 0 Å². The number of hydrogen-bond donors (Lipinski definition) is 3. The van der Waals surface area contributed by atoms with Crippen LogP contribution in [0.4, 0.5) is 0 Å². The molecular formula is C5H9Cl2CoNO3S. The van der Waals surface area contributed by atoms with E-state index in [0.717, 1.165) is 0 Å². The molecule has 0 aromatic rings. The Morgan fingerprint density at radius 1 is 1.62 bits per heavy atom. The number of rotatable bonds is 3. The maximum atomic E-state index is 10.3. The van der Waals surface area contributed by atoms with Crippen molar-refractivity contribution in [1.29, 1.82) is 0 Å². The quantitative estimate of drug-likeness (QED) is 0.677. The van der Waals surface area contributed by atoms with Gasteiger partial charge in [-0.1, -0.05) is 0 Å². The van der Waals surface area contributed by atoms with Crippen LogP contribution in [-0.4, -0.2) is 28.8 Å². The molecule has 4 nitrogen and oxygen atoms in total. The van der Waals surface area contributed by atoms with Crippen molar-refractivity contribution in [3.63, 3.8) is 0 Å². The van der Waals surface area contributed by atoms with Crippen LogP contribution in [0.3, 0.4) is 0 Å². The molecule has 0 rings (SSSR count). The molecule has 0 radical (unpaired) electrons. The van der Waals surface area contributed by atoms with Gasteiger partial charge in [0.2, 0.25) is 5.91 Å². The number of carbonyl (C=O) groups excluding carboxylic acids is 1. The summed E-state index contributed by atoms with van der Waals surface area (Å²) in [5.41, 5.74) is 0. The van der Waals surface area contributed by atoms with Gasteiger partial charge >= 0.3 is 39.2 Å². The van der Waals surface area contributed by atoms with Crippen LogP contribution in [0.5, 0.6) is 0 Å². The Balaban J connectivity index is 0. The van der Waals surface area contributed by atoms with Crippen LogP contribution in [-0.2, 0) is 22.5 Å². The second-order valence-corrected chi connectivity index (χ2v) is 3.91. The second kappa shape index (κ2) is 10.5. The van der Waals surface area contributed by atoms with Crippen molar-refractivity contribution in [2.24, 2.45) is 0 Å². The first kappa shape index (κ1) is 15.8. The molecule has 2 N–H and O–H groups in total. The molecule has 0 spiro atoms. The number of carboxylic acids is 1. The van der Waals surface area contributed by atoms with Gasteiger partial charge in [0.25, 0.3) is 0 Å². The summed E-state index contributed by atoms with van der Waals surface area (Å²) in [4.78, 5) is 20.5. The fourth-order valence-corrected chi connectivity index (χ4v) is 0.678. The predicted octanol–water partition coefficient (Wildman–Crippen LogP) is 0.882. The fourth-order valence-electron chi connectivity index (χ4n) is 0.431. The third kappa shape index (κ3) is 12.4. The Hall–Kier alpha value is 0.376. The van der Waals surface area contributed by atoms with E-state index < -0.39 is 12.0 Å². The number of hydrogen-bond acceptors (Lipinski definition) is 3. The maximum absolute atomic E-state index is 10.3. The van der Waals surface area contributed by atoms with E-state index >= 15 is 0 Å². The van der Waals surface area contributed by atoms with Crippen LogP contribution in [0.2, 0.25) is 0 Å². The van der Waals surface area contributed by atoms with Gasteiger partial charge in [0.1, 0.15) is 6.04 Å². The molecule has 0 aliphatic heterocycles. The van der Waals surface area contributed by atoms with Crippen LogP contribution in [0.15, 0.2) is 0 Å². The Bertz CT molecular complexity index is 172. The molecular weight excluding hydrogens is 284 g/mol. The average molecular weight is 293 g/mol. The zero-order valence-electron chi connectivity index (χ0n) is 6.58. The van der Waals surface area contributed by atoms with Crippen molar-refractivity contribution in [2.45, 2.75) is 13.0 Å². The summed E-state index contributed by atoms with van der Waals surface area (Å²) in [5.74, 6) is -1.32. The van der Waals surface area contributed by atoms with Crippen molar-refractivity contribution in [1.82, 2.24) is 5.32 Å². The molecule has 1 atom stereocenters. The molecule has 81 valence electrons. The van der Waals surface area contributed by atoms with Crippen molar-refractivity contribution < 1.29 is 27.6 Å². The number of amides is 1. The molecule has 0 fully saturated rings. The van der Waals surface area contributed by atoms with E-state index in [9.17, 15) is 9.59 Å². The van der Waals surface area contributed by atoms with E-state index in [4.69, 9.17) is 25.4 Å². The molecule has 0 aliphatic carbocycles. The zero-order chi connectivity index (χ0) is 10.9. The van der Waals surface area contributed by atoms with Crippen molar-refractivity contribution >= 4 is 44.8 Å². The third-order valence-corrected chi connectivity index (χ3v) is 1.22. The zero-order valence-corrected chi connectivity index (χ0v) is 10.0. The molecule has 13 heavy (non-hydrogen) atoms. The van der Waals surface area contributed by atoms with E-state index in [-0.39, 0.29) is 11.7 Å². The fraction of sp³-hybridized carbons (Fsp3) is 0.600. The van der Waals surface area contributed by atoms with E-state index in [0.29, 0.717) is 12.9 Å². The summed E-state index contributed by atoms with van der Waals surface area (Å²) in [6.07, 6.45) is 0. The summed E-state index contributed by atoms with van der Waals surface area (Å²) in [5, 5.41) is 10.6. The molecule has 0 bridgehead atoms. The standard InChI is InChI=1S/C5H9NO3S.2ClH.Co/c1-3(7)6-4(2-10)5(8)9;;;/h4,10H,2H2,1H3,(H,6,7)(H,8,9);2*1H;/q;;;+2/p-2/t4-;;;/m0.../s1.